The summed E-state index contributed by atoms with van der Waals surface area (Å²) >= 11 is 0. The Bertz CT molecular complexity index is 708. The average molecular weight is 417 g/mol. The summed E-state index contributed by atoms with van der Waals surface area (Å²) in [6.45, 7) is 2.25. The number of nitrogens with two attached hydrogens (primary N) is 1. The maximum atomic E-state index is 12.1. The number of rotatable bonds is 15. The van der Waals surface area contributed by atoms with Gasteiger partial charge in [0.25, 0.3) is 0 Å². The number of nitrogens with zero attached hydrogens (tertiary/aromatic N) is 1. The maximum absolute atomic E-state index is 12.1. The van der Waals surface area contributed by atoms with Crippen LogP contribution in [0.2, 0.25) is 0 Å². The molecular formula is C24H36N2O4. The zero-order valence-corrected chi connectivity index (χ0v) is 18.2. The first-order valence-electron chi connectivity index (χ1n) is 11.4. The van der Waals surface area contributed by atoms with Crippen molar-refractivity contribution in [2.24, 2.45) is 16.3 Å². The van der Waals surface area contributed by atoms with Gasteiger partial charge < -0.3 is 15.7 Å². The van der Waals surface area contributed by atoms with E-state index in [2.05, 4.69) is 12.1 Å². The quantitative estimate of drug-likeness (QED) is 0.130. The van der Waals surface area contributed by atoms with Crippen molar-refractivity contribution in [3.8, 4) is 0 Å². The van der Waals surface area contributed by atoms with Crippen molar-refractivity contribution < 1.29 is 19.5 Å². The maximum Gasteiger partial charge on any atom is 0.365 e. The molecule has 1 saturated carbocycles. The van der Waals surface area contributed by atoms with Gasteiger partial charge in [0.05, 0.1) is 5.56 Å². The lowest BCUT2D eigenvalue weighted by Crippen LogP contribution is -2.32. The van der Waals surface area contributed by atoms with Gasteiger partial charge in [-0.15, -0.1) is 0 Å². The summed E-state index contributed by atoms with van der Waals surface area (Å²) < 4.78 is 0. The molecule has 0 radical (unpaired) electrons. The number of carboxylic acids is 1. The second kappa shape index (κ2) is 12.4. The van der Waals surface area contributed by atoms with E-state index in [1.165, 1.54) is 63.4 Å². The van der Waals surface area contributed by atoms with Gasteiger partial charge >= 0.3 is 11.9 Å². The molecule has 0 bridgehead atoms. The van der Waals surface area contributed by atoms with Crippen LogP contribution in [0, 0.1) is 5.41 Å². The first-order valence-corrected chi connectivity index (χ1v) is 11.4. The Kier molecular flexibility index (Phi) is 9.84. The largest absolute Gasteiger partial charge is 0.480 e. The Balaban J connectivity index is 1.62. The molecule has 3 N–H and O–H groups in total. The van der Waals surface area contributed by atoms with Crippen LogP contribution < -0.4 is 5.73 Å². The van der Waals surface area contributed by atoms with Crippen LogP contribution in [0.1, 0.15) is 99.9 Å². The fourth-order valence-electron chi connectivity index (χ4n) is 3.56. The summed E-state index contributed by atoms with van der Waals surface area (Å²) in [5, 5.41) is 12.7. The number of aliphatic carboxylic acids is 1. The minimum absolute atomic E-state index is 0.152. The van der Waals surface area contributed by atoms with Crippen LogP contribution in [0.3, 0.4) is 0 Å². The number of carbonyl (C=O) groups excluding carboxylic acids is 1. The van der Waals surface area contributed by atoms with Gasteiger partial charge in [0, 0.05) is 0 Å². The number of carbonyl (C=O) groups is 2. The zero-order valence-electron chi connectivity index (χ0n) is 18.2. The molecule has 6 heteroatoms. The first kappa shape index (κ1) is 23.9. The minimum atomic E-state index is -1.15. The van der Waals surface area contributed by atoms with Crippen LogP contribution in [-0.2, 0) is 16.1 Å². The number of aryl methyl sites for hydroxylation is 1. The fraction of sp³-hybridized carbons (Fsp3) is 0.625. The van der Waals surface area contributed by atoms with Crippen molar-refractivity contribution in [2.45, 2.75) is 90.4 Å². The van der Waals surface area contributed by atoms with Gasteiger partial charge in [0.2, 0.25) is 0 Å². The highest BCUT2D eigenvalue weighted by Crippen LogP contribution is 2.46. The molecule has 1 aliphatic carbocycles. The van der Waals surface area contributed by atoms with E-state index < -0.39 is 17.4 Å². The van der Waals surface area contributed by atoms with Gasteiger partial charge in [-0.3, -0.25) is 4.79 Å². The van der Waals surface area contributed by atoms with E-state index in [1.807, 2.05) is 12.1 Å². The van der Waals surface area contributed by atoms with Gasteiger partial charge in [0.15, 0.2) is 5.84 Å². The molecule has 30 heavy (non-hydrogen) atoms. The van der Waals surface area contributed by atoms with E-state index >= 15 is 0 Å². The molecule has 0 atom stereocenters. The molecule has 1 fully saturated rings. The normalized spacial score (nSPS) is 15.0. The summed E-state index contributed by atoms with van der Waals surface area (Å²) in [6.07, 6.45) is 15.0. The van der Waals surface area contributed by atoms with Crippen LogP contribution in [0.25, 0.3) is 0 Å². The van der Waals surface area contributed by atoms with E-state index in [-0.39, 0.29) is 5.84 Å². The van der Waals surface area contributed by atoms with Crippen LogP contribution >= 0.6 is 0 Å². The molecule has 0 unspecified atom stereocenters. The van der Waals surface area contributed by atoms with E-state index in [1.54, 1.807) is 12.1 Å². The summed E-state index contributed by atoms with van der Waals surface area (Å²) in [7, 11) is 0. The summed E-state index contributed by atoms with van der Waals surface area (Å²) in [5.41, 5.74) is 6.09. The lowest BCUT2D eigenvalue weighted by atomic mass is 10.0. The van der Waals surface area contributed by atoms with Gasteiger partial charge in [0.1, 0.15) is 5.41 Å². The lowest BCUT2D eigenvalue weighted by molar-refractivity contribution is -0.140. The molecule has 2 rings (SSSR count). The molecule has 1 aliphatic rings. The standard InChI is InChI=1S/C24H36N2O4/c1-2-3-4-5-6-7-8-9-10-11-12-19-13-15-20(16-14-19)21(27)30-26-22(25)24(17-18-24)23(28)29/h13-16H,2-12,17-18H2,1H3,(H2,25,26)(H,28,29). The predicted molar refractivity (Wildman–Crippen MR) is 118 cm³/mol. The van der Waals surface area contributed by atoms with Gasteiger partial charge in [-0.2, -0.15) is 0 Å². The van der Waals surface area contributed by atoms with Gasteiger partial charge in [-0.25, -0.2) is 4.79 Å². The van der Waals surface area contributed by atoms with Crippen molar-refractivity contribution in [3.05, 3.63) is 35.4 Å². The Morgan fingerprint density at radius 3 is 2.00 bits per heavy atom. The van der Waals surface area contributed by atoms with Crippen LogP contribution in [0.4, 0.5) is 0 Å². The first-order chi connectivity index (χ1) is 14.5. The average Bonchev–Trinajstić information content (AvgIpc) is 3.56. The predicted octanol–water partition coefficient (Wildman–Crippen LogP) is 5.44. The molecule has 0 saturated heterocycles. The van der Waals surface area contributed by atoms with Crippen molar-refractivity contribution in [3.63, 3.8) is 0 Å². The molecule has 0 spiro atoms. The van der Waals surface area contributed by atoms with E-state index in [9.17, 15) is 9.59 Å². The molecule has 1 aromatic rings. The minimum Gasteiger partial charge on any atom is -0.480 e. The number of carboxylic acid groups (broad SMARTS) is 1. The summed E-state index contributed by atoms with van der Waals surface area (Å²) in [6, 6.07) is 7.28. The van der Waals surface area contributed by atoms with E-state index in [0.29, 0.717) is 18.4 Å². The Morgan fingerprint density at radius 1 is 0.967 bits per heavy atom. The second-order valence-electron chi connectivity index (χ2n) is 8.37. The van der Waals surface area contributed by atoms with Crippen molar-refractivity contribution in [2.75, 3.05) is 0 Å². The number of hydrogen-bond acceptors (Lipinski definition) is 4. The lowest BCUT2D eigenvalue weighted by Gasteiger charge is -2.08. The number of amidine groups is 1. The molecule has 0 heterocycles. The Hall–Kier alpha value is -2.37. The zero-order chi connectivity index (χ0) is 21.8. The van der Waals surface area contributed by atoms with Crippen LogP contribution in [0.15, 0.2) is 29.4 Å². The Morgan fingerprint density at radius 2 is 1.50 bits per heavy atom. The van der Waals surface area contributed by atoms with E-state index in [0.717, 1.165) is 12.8 Å². The monoisotopic (exact) mass is 416 g/mol. The number of oxime groups is 1. The highest BCUT2D eigenvalue weighted by Gasteiger charge is 2.54. The third-order valence-electron chi connectivity index (χ3n) is 5.89. The van der Waals surface area contributed by atoms with Gasteiger partial charge in [-0.05, 0) is 43.4 Å². The third kappa shape index (κ3) is 7.47. The third-order valence-corrected chi connectivity index (χ3v) is 5.89. The molecule has 1 aromatic carbocycles. The molecule has 166 valence electrons. The SMILES string of the molecule is CCCCCCCCCCCCc1ccc(C(=O)ON=C(N)C2(C(=O)O)CC2)cc1. The van der Waals surface area contributed by atoms with Crippen LogP contribution in [-0.4, -0.2) is 22.9 Å². The highest BCUT2D eigenvalue weighted by molar-refractivity contribution is 6.07. The molecule has 0 amide bonds. The summed E-state index contributed by atoms with van der Waals surface area (Å²) in [5.74, 6) is -1.82. The van der Waals surface area contributed by atoms with Crippen molar-refractivity contribution >= 4 is 17.8 Å². The second-order valence-corrected chi connectivity index (χ2v) is 8.37. The number of benzene rings is 1. The number of hydrogen-bond donors (Lipinski definition) is 2. The molecular weight excluding hydrogens is 380 g/mol. The molecule has 0 aromatic heterocycles. The fourth-order valence-corrected chi connectivity index (χ4v) is 3.56. The number of unbranched alkanes of at least 4 members (excludes halogenated alkanes) is 9. The van der Waals surface area contributed by atoms with Gasteiger partial charge in [-0.1, -0.05) is 82.0 Å². The Labute approximate surface area is 179 Å². The van der Waals surface area contributed by atoms with E-state index in [4.69, 9.17) is 15.7 Å². The van der Waals surface area contributed by atoms with Crippen molar-refractivity contribution in [1.82, 2.24) is 0 Å². The van der Waals surface area contributed by atoms with Crippen molar-refractivity contribution in [1.29, 1.82) is 0 Å². The topological polar surface area (TPSA) is 102 Å². The molecule has 0 aliphatic heterocycles. The smallest absolute Gasteiger partial charge is 0.365 e. The highest BCUT2D eigenvalue weighted by atomic mass is 16.7. The van der Waals surface area contributed by atoms with Crippen LogP contribution in [0.5, 0.6) is 0 Å². The summed E-state index contributed by atoms with van der Waals surface area (Å²) in [4.78, 5) is 28.1. The molecule has 6 nitrogen and oxygen atoms in total.